The molecule has 1 aliphatic heterocycles. The van der Waals surface area contributed by atoms with Crippen LogP contribution in [0.15, 0.2) is 18.2 Å². The van der Waals surface area contributed by atoms with Crippen molar-refractivity contribution in [1.29, 1.82) is 0 Å². The SMILES string of the molecule is Cc1cccc([N+](=O)[O-])c1C(=O)NC1CCN(C(=O)C2CCCC2)C1. The van der Waals surface area contributed by atoms with Gasteiger partial charge in [-0.05, 0) is 31.7 Å². The molecule has 1 N–H and O–H groups in total. The Hall–Kier alpha value is -2.44. The van der Waals surface area contributed by atoms with Crippen LogP contribution in [-0.4, -0.2) is 40.8 Å². The van der Waals surface area contributed by atoms with Crippen molar-refractivity contribution in [3.05, 3.63) is 39.4 Å². The third-order valence-corrected chi connectivity index (χ3v) is 5.21. The molecule has 1 saturated heterocycles. The van der Waals surface area contributed by atoms with E-state index in [0.717, 1.165) is 25.7 Å². The summed E-state index contributed by atoms with van der Waals surface area (Å²) in [6, 6.07) is 4.44. The second-order valence-electron chi connectivity index (χ2n) is 6.95. The molecular weight excluding hydrogens is 322 g/mol. The van der Waals surface area contributed by atoms with Crippen LogP contribution in [0.3, 0.4) is 0 Å². The highest BCUT2D eigenvalue weighted by atomic mass is 16.6. The number of carbonyl (C=O) groups excluding carboxylic acids is 2. The summed E-state index contributed by atoms with van der Waals surface area (Å²) >= 11 is 0. The van der Waals surface area contributed by atoms with E-state index in [-0.39, 0.29) is 29.1 Å². The van der Waals surface area contributed by atoms with E-state index in [1.54, 1.807) is 19.1 Å². The molecule has 1 unspecified atom stereocenters. The third-order valence-electron chi connectivity index (χ3n) is 5.21. The van der Waals surface area contributed by atoms with Crippen molar-refractivity contribution in [2.75, 3.05) is 13.1 Å². The quantitative estimate of drug-likeness (QED) is 0.670. The van der Waals surface area contributed by atoms with E-state index in [1.807, 2.05) is 4.90 Å². The Bertz CT molecular complexity index is 698. The standard InChI is InChI=1S/C18H23N3O4/c1-12-5-4-8-15(21(24)25)16(12)17(22)19-14-9-10-20(11-14)18(23)13-6-2-3-7-13/h4-5,8,13-14H,2-3,6-7,9-11H2,1H3,(H,19,22). The number of aryl methyl sites for hydroxylation is 1. The Kier molecular flexibility index (Phi) is 5.01. The van der Waals surface area contributed by atoms with Gasteiger partial charge >= 0.3 is 0 Å². The molecule has 134 valence electrons. The molecule has 2 fully saturated rings. The fourth-order valence-corrected chi connectivity index (χ4v) is 3.87. The lowest BCUT2D eigenvalue weighted by atomic mass is 10.1. The summed E-state index contributed by atoms with van der Waals surface area (Å²) in [6.07, 6.45) is 4.83. The highest BCUT2D eigenvalue weighted by molar-refractivity contribution is 5.99. The lowest BCUT2D eigenvalue weighted by Gasteiger charge is -2.20. The topological polar surface area (TPSA) is 92.5 Å². The van der Waals surface area contributed by atoms with Crippen molar-refractivity contribution in [2.45, 2.75) is 45.1 Å². The van der Waals surface area contributed by atoms with Crippen LogP contribution < -0.4 is 5.32 Å². The second kappa shape index (κ2) is 7.21. The maximum atomic E-state index is 12.6. The number of hydrogen-bond acceptors (Lipinski definition) is 4. The summed E-state index contributed by atoms with van der Waals surface area (Å²) in [7, 11) is 0. The second-order valence-corrected chi connectivity index (χ2v) is 6.95. The van der Waals surface area contributed by atoms with Gasteiger partial charge in [-0.2, -0.15) is 0 Å². The molecule has 2 aliphatic rings. The van der Waals surface area contributed by atoms with E-state index in [2.05, 4.69) is 5.32 Å². The zero-order chi connectivity index (χ0) is 18.0. The molecule has 1 saturated carbocycles. The highest BCUT2D eigenvalue weighted by Gasteiger charge is 2.33. The Morgan fingerprint density at radius 2 is 1.96 bits per heavy atom. The minimum absolute atomic E-state index is 0.105. The molecular formula is C18H23N3O4. The van der Waals surface area contributed by atoms with E-state index in [9.17, 15) is 19.7 Å². The first-order chi connectivity index (χ1) is 12.0. The van der Waals surface area contributed by atoms with Gasteiger partial charge in [0, 0.05) is 31.1 Å². The van der Waals surface area contributed by atoms with E-state index in [1.165, 1.54) is 6.07 Å². The maximum absolute atomic E-state index is 12.6. The number of benzene rings is 1. The normalized spacial score (nSPS) is 20.7. The van der Waals surface area contributed by atoms with Gasteiger partial charge in [-0.15, -0.1) is 0 Å². The number of nitro benzene ring substituents is 1. The number of nitrogens with one attached hydrogen (secondary N) is 1. The number of likely N-dealkylation sites (tertiary alicyclic amines) is 1. The van der Waals surface area contributed by atoms with Crippen LogP contribution in [0.4, 0.5) is 5.69 Å². The zero-order valence-corrected chi connectivity index (χ0v) is 14.4. The maximum Gasteiger partial charge on any atom is 0.282 e. The van der Waals surface area contributed by atoms with Crippen molar-refractivity contribution in [3.8, 4) is 0 Å². The summed E-state index contributed by atoms with van der Waals surface area (Å²) in [5.41, 5.74) is 0.492. The Balaban J connectivity index is 1.65. The lowest BCUT2D eigenvalue weighted by molar-refractivity contribution is -0.385. The van der Waals surface area contributed by atoms with Crippen LogP contribution in [-0.2, 0) is 4.79 Å². The Morgan fingerprint density at radius 1 is 1.24 bits per heavy atom. The van der Waals surface area contributed by atoms with Crippen molar-refractivity contribution in [3.63, 3.8) is 0 Å². The number of amides is 2. The summed E-state index contributed by atoms with van der Waals surface area (Å²) in [4.78, 5) is 37.5. The number of nitrogens with zero attached hydrogens (tertiary/aromatic N) is 2. The van der Waals surface area contributed by atoms with Gasteiger partial charge in [0.2, 0.25) is 5.91 Å². The molecule has 7 nitrogen and oxygen atoms in total. The lowest BCUT2D eigenvalue weighted by Crippen LogP contribution is -2.40. The van der Waals surface area contributed by atoms with Gasteiger partial charge in [0.1, 0.15) is 5.56 Å². The fraction of sp³-hybridized carbons (Fsp3) is 0.556. The van der Waals surface area contributed by atoms with Gasteiger partial charge in [0.15, 0.2) is 0 Å². The molecule has 1 aliphatic carbocycles. The van der Waals surface area contributed by atoms with Crippen LogP contribution in [0.25, 0.3) is 0 Å². The molecule has 1 atom stereocenters. The highest BCUT2D eigenvalue weighted by Crippen LogP contribution is 2.28. The number of hydrogen-bond donors (Lipinski definition) is 1. The average molecular weight is 345 g/mol. The molecule has 0 aromatic heterocycles. The largest absolute Gasteiger partial charge is 0.347 e. The first-order valence-corrected chi connectivity index (χ1v) is 8.81. The first-order valence-electron chi connectivity index (χ1n) is 8.81. The van der Waals surface area contributed by atoms with Crippen molar-refractivity contribution in [1.82, 2.24) is 10.2 Å². The molecule has 2 amide bonds. The summed E-state index contributed by atoms with van der Waals surface area (Å²) in [5.74, 6) is -0.118. The van der Waals surface area contributed by atoms with Gasteiger partial charge in [-0.3, -0.25) is 19.7 Å². The van der Waals surface area contributed by atoms with Gasteiger partial charge in [0.25, 0.3) is 11.6 Å². The molecule has 0 radical (unpaired) electrons. The van der Waals surface area contributed by atoms with E-state index < -0.39 is 10.8 Å². The van der Waals surface area contributed by atoms with Gasteiger partial charge < -0.3 is 10.2 Å². The van der Waals surface area contributed by atoms with Gasteiger partial charge in [-0.25, -0.2) is 0 Å². The van der Waals surface area contributed by atoms with Crippen molar-refractivity contribution in [2.24, 2.45) is 5.92 Å². The van der Waals surface area contributed by atoms with Gasteiger partial charge in [-0.1, -0.05) is 25.0 Å². The Morgan fingerprint density at radius 3 is 2.64 bits per heavy atom. The summed E-state index contributed by atoms with van der Waals surface area (Å²) in [6.45, 7) is 2.81. The van der Waals surface area contributed by atoms with Crippen LogP contribution in [0, 0.1) is 23.0 Å². The molecule has 1 heterocycles. The van der Waals surface area contributed by atoms with Crippen LogP contribution in [0.5, 0.6) is 0 Å². The molecule has 25 heavy (non-hydrogen) atoms. The molecule has 3 rings (SSSR count). The van der Waals surface area contributed by atoms with Gasteiger partial charge in [0.05, 0.1) is 4.92 Å². The molecule has 0 bridgehead atoms. The van der Waals surface area contributed by atoms with E-state index >= 15 is 0 Å². The predicted octanol–water partition coefficient (Wildman–Crippen LogP) is 2.42. The third kappa shape index (κ3) is 3.65. The van der Waals surface area contributed by atoms with E-state index in [0.29, 0.717) is 25.1 Å². The van der Waals surface area contributed by atoms with Crippen molar-refractivity contribution < 1.29 is 14.5 Å². The first kappa shape index (κ1) is 17.4. The minimum Gasteiger partial charge on any atom is -0.347 e. The van der Waals surface area contributed by atoms with E-state index in [4.69, 9.17) is 0 Å². The molecule has 1 aromatic carbocycles. The van der Waals surface area contributed by atoms with Crippen LogP contribution in [0.1, 0.15) is 48.0 Å². The predicted molar refractivity (Wildman–Crippen MR) is 92.2 cm³/mol. The molecule has 1 aromatic rings. The number of rotatable bonds is 4. The van der Waals surface area contributed by atoms with Crippen LogP contribution >= 0.6 is 0 Å². The fourth-order valence-electron chi connectivity index (χ4n) is 3.87. The monoisotopic (exact) mass is 345 g/mol. The zero-order valence-electron chi connectivity index (χ0n) is 14.4. The number of carbonyl (C=O) groups is 2. The van der Waals surface area contributed by atoms with Crippen molar-refractivity contribution >= 4 is 17.5 Å². The number of nitro groups is 1. The molecule has 0 spiro atoms. The summed E-state index contributed by atoms with van der Waals surface area (Å²) < 4.78 is 0. The van der Waals surface area contributed by atoms with Crippen LogP contribution in [0.2, 0.25) is 0 Å². The minimum atomic E-state index is -0.535. The smallest absolute Gasteiger partial charge is 0.282 e. The Labute approximate surface area is 146 Å². The average Bonchev–Trinajstić information content (AvgIpc) is 3.25. The summed E-state index contributed by atoms with van der Waals surface area (Å²) in [5, 5.41) is 14.0. The molecule has 7 heteroatoms.